The zero-order valence-electron chi connectivity index (χ0n) is 17.5. The van der Waals surface area contributed by atoms with Gasteiger partial charge in [0.25, 0.3) is 5.91 Å². The van der Waals surface area contributed by atoms with Gasteiger partial charge in [-0.3, -0.25) is 4.79 Å². The van der Waals surface area contributed by atoms with Crippen molar-refractivity contribution in [1.82, 2.24) is 10.2 Å². The number of nitrogens with zero attached hydrogens (tertiary/aromatic N) is 1. The Labute approximate surface area is 169 Å². The Morgan fingerprint density at radius 3 is 1.97 bits per heavy atom. The number of carbonyl (C=O) groups excluding carboxylic acids is 2. The van der Waals surface area contributed by atoms with E-state index in [1.54, 1.807) is 4.90 Å². The van der Waals surface area contributed by atoms with Crippen molar-refractivity contribution in [3.8, 4) is 0 Å². The van der Waals surface area contributed by atoms with E-state index in [1.807, 2.05) is 34.6 Å². The normalized spacial score (nSPS) is 16.5. The predicted molar refractivity (Wildman–Crippen MR) is 104 cm³/mol. The minimum absolute atomic E-state index is 0.125. The lowest BCUT2D eigenvalue weighted by atomic mass is 9.80. The van der Waals surface area contributed by atoms with Gasteiger partial charge < -0.3 is 15.0 Å². The van der Waals surface area contributed by atoms with Crippen LogP contribution in [-0.2, 0) is 10.9 Å². The molecule has 1 N–H and O–H groups in total. The van der Waals surface area contributed by atoms with Crippen molar-refractivity contribution in [2.45, 2.75) is 64.8 Å². The van der Waals surface area contributed by atoms with E-state index in [0.717, 1.165) is 12.1 Å². The lowest BCUT2D eigenvalue weighted by Crippen LogP contribution is -2.53. The number of alkyl halides is 3. The summed E-state index contributed by atoms with van der Waals surface area (Å²) in [6.07, 6.45) is -3.39. The summed E-state index contributed by atoms with van der Waals surface area (Å²) in [4.78, 5) is 26.4. The van der Waals surface area contributed by atoms with E-state index in [-0.39, 0.29) is 17.6 Å². The van der Waals surface area contributed by atoms with Crippen molar-refractivity contribution in [3.05, 3.63) is 35.4 Å². The highest BCUT2D eigenvalue weighted by atomic mass is 19.4. The van der Waals surface area contributed by atoms with E-state index in [9.17, 15) is 22.8 Å². The fourth-order valence-corrected chi connectivity index (χ4v) is 3.39. The lowest BCUT2D eigenvalue weighted by Gasteiger charge is -2.41. The second kappa shape index (κ2) is 8.24. The Hall–Kier alpha value is -2.25. The first kappa shape index (κ1) is 23.0. The summed E-state index contributed by atoms with van der Waals surface area (Å²) in [6, 6.07) is 4.17. The van der Waals surface area contributed by atoms with E-state index in [4.69, 9.17) is 4.74 Å². The van der Waals surface area contributed by atoms with Gasteiger partial charge in [-0.2, -0.15) is 13.2 Å². The number of carbonyl (C=O) groups is 2. The van der Waals surface area contributed by atoms with E-state index in [1.165, 1.54) is 12.1 Å². The molecule has 2 rings (SSSR count). The van der Waals surface area contributed by atoms with Gasteiger partial charge in [0.1, 0.15) is 5.60 Å². The first-order valence-electron chi connectivity index (χ1n) is 9.67. The zero-order chi connectivity index (χ0) is 22.0. The molecule has 1 saturated heterocycles. The molecule has 162 valence electrons. The van der Waals surface area contributed by atoms with Crippen LogP contribution in [0.4, 0.5) is 18.0 Å². The highest BCUT2D eigenvalue weighted by Crippen LogP contribution is 2.31. The van der Waals surface area contributed by atoms with Crippen LogP contribution in [0.25, 0.3) is 0 Å². The Balaban J connectivity index is 1.94. The highest BCUT2D eigenvalue weighted by molar-refractivity contribution is 5.94. The van der Waals surface area contributed by atoms with Gasteiger partial charge in [-0.25, -0.2) is 4.79 Å². The topological polar surface area (TPSA) is 58.6 Å². The number of likely N-dealkylation sites (tertiary alicyclic amines) is 1. The van der Waals surface area contributed by atoms with Crippen molar-refractivity contribution < 1.29 is 27.5 Å². The maximum atomic E-state index is 12.7. The number of nitrogens with one attached hydrogen (secondary N) is 1. The van der Waals surface area contributed by atoms with E-state index in [0.29, 0.717) is 25.9 Å². The smallest absolute Gasteiger partial charge is 0.416 e. The largest absolute Gasteiger partial charge is 0.444 e. The van der Waals surface area contributed by atoms with Crippen LogP contribution >= 0.6 is 0 Å². The van der Waals surface area contributed by atoms with Crippen molar-refractivity contribution in [2.24, 2.45) is 5.92 Å². The van der Waals surface area contributed by atoms with Gasteiger partial charge in [-0.1, -0.05) is 0 Å². The molecule has 0 aromatic heterocycles. The molecular weight excluding hydrogens is 385 g/mol. The number of rotatable bonds is 3. The summed E-state index contributed by atoms with van der Waals surface area (Å²) >= 11 is 0. The standard InChI is InChI=1S/C21H29F3N2O3/c1-19(2,3)29-18(28)26-12-10-15(11-13-26)20(4,5)25-17(27)14-6-8-16(9-7-14)21(22,23)24/h6-9,15H,10-13H2,1-5H3,(H,25,27). The third kappa shape index (κ3) is 6.37. The zero-order valence-corrected chi connectivity index (χ0v) is 17.5. The summed E-state index contributed by atoms with van der Waals surface area (Å²) in [7, 11) is 0. The van der Waals surface area contributed by atoms with E-state index < -0.39 is 28.8 Å². The van der Waals surface area contributed by atoms with Crippen molar-refractivity contribution >= 4 is 12.0 Å². The van der Waals surface area contributed by atoms with Gasteiger partial charge >= 0.3 is 12.3 Å². The number of amides is 2. The third-order valence-electron chi connectivity index (χ3n) is 5.08. The van der Waals surface area contributed by atoms with Gasteiger partial charge in [0.05, 0.1) is 5.56 Å². The van der Waals surface area contributed by atoms with Crippen LogP contribution in [0.2, 0.25) is 0 Å². The second-order valence-corrected chi connectivity index (χ2v) is 8.99. The van der Waals surface area contributed by atoms with Crippen LogP contribution in [0.15, 0.2) is 24.3 Å². The highest BCUT2D eigenvalue weighted by Gasteiger charge is 2.36. The molecule has 0 bridgehead atoms. The molecule has 1 heterocycles. The van der Waals surface area contributed by atoms with Gasteiger partial charge in [0, 0.05) is 24.2 Å². The summed E-state index contributed by atoms with van der Waals surface area (Å²) < 4.78 is 43.4. The van der Waals surface area contributed by atoms with Gasteiger partial charge in [0.15, 0.2) is 0 Å². The Morgan fingerprint density at radius 1 is 1.00 bits per heavy atom. The molecule has 1 aliphatic rings. The molecule has 1 aliphatic heterocycles. The minimum Gasteiger partial charge on any atom is -0.444 e. The first-order chi connectivity index (χ1) is 13.2. The number of benzene rings is 1. The Kier molecular flexibility index (Phi) is 6.55. The van der Waals surface area contributed by atoms with Crippen LogP contribution in [-0.4, -0.2) is 41.1 Å². The van der Waals surface area contributed by atoms with Crippen LogP contribution in [0.3, 0.4) is 0 Å². The third-order valence-corrected chi connectivity index (χ3v) is 5.08. The summed E-state index contributed by atoms with van der Waals surface area (Å²) in [5.41, 5.74) is -1.73. The maximum absolute atomic E-state index is 12.7. The van der Waals surface area contributed by atoms with Crippen molar-refractivity contribution in [3.63, 3.8) is 0 Å². The number of ether oxygens (including phenoxy) is 1. The van der Waals surface area contributed by atoms with Crippen molar-refractivity contribution in [2.75, 3.05) is 13.1 Å². The molecule has 0 atom stereocenters. The Morgan fingerprint density at radius 2 is 1.52 bits per heavy atom. The molecule has 8 heteroatoms. The summed E-state index contributed by atoms with van der Waals surface area (Å²) in [5, 5.41) is 2.93. The van der Waals surface area contributed by atoms with E-state index >= 15 is 0 Å². The number of piperidine rings is 1. The number of hydrogen-bond acceptors (Lipinski definition) is 3. The van der Waals surface area contributed by atoms with Gasteiger partial charge in [-0.15, -0.1) is 0 Å². The van der Waals surface area contributed by atoms with Crippen LogP contribution < -0.4 is 5.32 Å². The van der Waals surface area contributed by atoms with E-state index in [2.05, 4.69) is 5.32 Å². The fraction of sp³-hybridized carbons (Fsp3) is 0.619. The van der Waals surface area contributed by atoms with Crippen molar-refractivity contribution in [1.29, 1.82) is 0 Å². The molecule has 0 radical (unpaired) electrons. The molecule has 0 unspecified atom stereocenters. The molecule has 1 fully saturated rings. The average Bonchev–Trinajstić information content (AvgIpc) is 2.59. The first-order valence-corrected chi connectivity index (χ1v) is 9.67. The quantitative estimate of drug-likeness (QED) is 0.768. The summed E-state index contributed by atoms with van der Waals surface area (Å²) in [5.74, 6) is -0.294. The molecule has 0 saturated carbocycles. The molecule has 29 heavy (non-hydrogen) atoms. The maximum Gasteiger partial charge on any atom is 0.416 e. The fourth-order valence-electron chi connectivity index (χ4n) is 3.39. The van der Waals surface area contributed by atoms with Gasteiger partial charge in [-0.05, 0) is 77.6 Å². The predicted octanol–water partition coefficient (Wildman–Crippen LogP) is 4.86. The molecule has 1 aromatic carbocycles. The molecule has 2 amide bonds. The molecule has 0 aliphatic carbocycles. The SMILES string of the molecule is CC(C)(C)OC(=O)N1CCC(C(C)(C)NC(=O)c2ccc(C(F)(F)F)cc2)CC1. The van der Waals surface area contributed by atoms with Crippen LogP contribution in [0.1, 0.15) is 63.4 Å². The van der Waals surface area contributed by atoms with Crippen LogP contribution in [0, 0.1) is 5.92 Å². The summed E-state index contributed by atoms with van der Waals surface area (Å²) in [6.45, 7) is 10.3. The Bertz CT molecular complexity index is 729. The molecule has 1 aromatic rings. The molecule has 5 nitrogen and oxygen atoms in total. The number of hydrogen-bond donors (Lipinski definition) is 1. The van der Waals surface area contributed by atoms with Gasteiger partial charge in [0.2, 0.25) is 0 Å². The minimum atomic E-state index is -4.43. The number of halogens is 3. The lowest BCUT2D eigenvalue weighted by molar-refractivity contribution is -0.137. The molecular formula is C21H29F3N2O3. The second-order valence-electron chi connectivity index (χ2n) is 8.99. The van der Waals surface area contributed by atoms with Crippen LogP contribution in [0.5, 0.6) is 0 Å². The molecule has 0 spiro atoms. The monoisotopic (exact) mass is 414 g/mol. The average molecular weight is 414 g/mol.